The lowest BCUT2D eigenvalue weighted by atomic mass is 9.80. The number of piperidine rings is 1. The molecule has 190 valence electrons. The van der Waals surface area contributed by atoms with E-state index in [1.54, 1.807) is 17.0 Å². The van der Waals surface area contributed by atoms with Gasteiger partial charge in [0.05, 0.1) is 22.7 Å². The average molecular weight is 512 g/mol. The SMILES string of the molecule is CCO[C@H]1C[C@@H](c2ccc(F)cc2)OC2(CCN(C(=O)c3ccc(S(=O)(=O)C(F)F)cc3)CC2)C1. The van der Waals surface area contributed by atoms with Gasteiger partial charge >= 0.3 is 5.76 Å². The van der Waals surface area contributed by atoms with Gasteiger partial charge in [-0.2, -0.15) is 8.78 Å². The minimum absolute atomic E-state index is 0.0182. The summed E-state index contributed by atoms with van der Waals surface area (Å²) in [5.41, 5.74) is 0.631. The third-order valence-electron chi connectivity index (χ3n) is 6.74. The van der Waals surface area contributed by atoms with Crippen molar-refractivity contribution < 1.29 is 35.9 Å². The molecular formula is C25H28F3NO5S. The summed E-state index contributed by atoms with van der Waals surface area (Å²) in [6.45, 7) is 3.35. The van der Waals surface area contributed by atoms with Crippen LogP contribution in [0.1, 0.15) is 54.6 Å². The third-order valence-corrected chi connectivity index (χ3v) is 8.14. The molecule has 2 aromatic rings. The molecule has 0 aliphatic carbocycles. The standard InChI is InChI=1S/C25H28F3NO5S/c1-2-33-20-15-22(17-3-7-19(26)8-4-17)34-25(16-20)11-13-29(14-12-25)23(30)18-5-9-21(10-6-18)35(31,32)24(27)28/h3-10,20,22,24H,2,11-16H2,1H3/t20-,22-/m0/s1. The van der Waals surface area contributed by atoms with Crippen molar-refractivity contribution in [2.24, 2.45) is 0 Å². The molecule has 2 fully saturated rings. The maximum Gasteiger partial charge on any atom is 0.341 e. The molecule has 2 aromatic carbocycles. The number of carbonyl (C=O) groups excluding carboxylic acids is 1. The summed E-state index contributed by atoms with van der Waals surface area (Å²) in [5, 5.41) is 0. The number of amides is 1. The smallest absolute Gasteiger partial charge is 0.341 e. The van der Waals surface area contributed by atoms with Crippen molar-refractivity contribution in [2.45, 2.75) is 61.1 Å². The van der Waals surface area contributed by atoms with Gasteiger partial charge in [0.1, 0.15) is 5.82 Å². The Labute approximate surface area is 202 Å². The highest BCUT2D eigenvalue weighted by atomic mass is 32.2. The maximum atomic E-state index is 13.4. The molecule has 0 unspecified atom stereocenters. The van der Waals surface area contributed by atoms with Gasteiger partial charge in [-0.05, 0) is 61.7 Å². The Hall–Kier alpha value is -2.43. The Bertz CT molecular complexity index is 1130. The number of sulfone groups is 1. The van der Waals surface area contributed by atoms with E-state index in [4.69, 9.17) is 9.47 Å². The molecule has 6 nitrogen and oxygen atoms in total. The molecule has 0 aromatic heterocycles. The van der Waals surface area contributed by atoms with E-state index in [2.05, 4.69) is 0 Å². The van der Waals surface area contributed by atoms with Crippen molar-refractivity contribution in [2.75, 3.05) is 19.7 Å². The van der Waals surface area contributed by atoms with Crippen LogP contribution in [0, 0.1) is 5.82 Å². The Morgan fingerprint density at radius 3 is 2.31 bits per heavy atom. The van der Waals surface area contributed by atoms with Crippen LogP contribution in [0.25, 0.3) is 0 Å². The van der Waals surface area contributed by atoms with E-state index in [1.165, 1.54) is 24.3 Å². The van der Waals surface area contributed by atoms with Crippen LogP contribution in [-0.2, 0) is 19.3 Å². The minimum Gasteiger partial charge on any atom is -0.378 e. The zero-order valence-corrected chi connectivity index (χ0v) is 20.1. The average Bonchev–Trinajstić information content (AvgIpc) is 2.84. The first-order valence-corrected chi connectivity index (χ1v) is 13.1. The molecule has 10 heteroatoms. The molecule has 0 saturated carbocycles. The van der Waals surface area contributed by atoms with Crippen molar-refractivity contribution in [3.05, 3.63) is 65.5 Å². The summed E-state index contributed by atoms with van der Waals surface area (Å²) >= 11 is 0. The van der Waals surface area contributed by atoms with Gasteiger partial charge in [-0.15, -0.1) is 0 Å². The lowest BCUT2D eigenvalue weighted by Gasteiger charge is -2.48. The van der Waals surface area contributed by atoms with Crippen LogP contribution in [0.3, 0.4) is 0 Å². The Morgan fingerprint density at radius 1 is 1.11 bits per heavy atom. The van der Waals surface area contributed by atoms with E-state index in [1.807, 2.05) is 6.92 Å². The quantitative estimate of drug-likeness (QED) is 0.560. The predicted molar refractivity (Wildman–Crippen MR) is 122 cm³/mol. The molecule has 35 heavy (non-hydrogen) atoms. The van der Waals surface area contributed by atoms with Crippen molar-refractivity contribution in [1.29, 1.82) is 0 Å². The number of hydrogen-bond donors (Lipinski definition) is 0. The number of rotatable bonds is 6. The van der Waals surface area contributed by atoms with E-state index in [0.717, 1.165) is 17.7 Å². The second-order valence-corrected chi connectivity index (χ2v) is 10.9. The van der Waals surface area contributed by atoms with Crippen LogP contribution < -0.4 is 0 Å². The Balaban J connectivity index is 1.45. The number of alkyl halides is 2. The summed E-state index contributed by atoms with van der Waals surface area (Å²) in [6, 6.07) is 10.8. The van der Waals surface area contributed by atoms with Gasteiger partial charge in [0, 0.05) is 38.1 Å². The number of benzene rings is 2. The number of ether oxygens (including phenoxy) is 2. The van der Waals surface area contributed by atoms with Crippen LogP contribution in [0.4, 0.5) is 13.2 Å². The normalized spacial score (nSPS) is 22.5. The minimum atomic E-state index is -4.71. The first kappa shape index (κ1) is 25.7. The zero-order chi connectivity index (χ0) is 25.2. The molecule has 0 radical (unpaired) electrons. The number of nitrogens with zero attached hydrogens (tertiary/aromatic N) is 1. The molecular weight excluding hydrogens is 483 g/mol. The topological polar surface area (TPSA) is 72.9 Å². The molecule has 1 spiro atoms. The second-order valence-electron chi connectivity index (χ2n) is 8.98. The van der Waals surface area contributed by atoms with E-state index in [-0.39, 0.29) is 29.5 Å². The van der Waals surface area contributed by atoms with Crippen LogP contribution >= 0.6 is 0 Å². The lowest BCUT2D eigenvalue weighted by Crippen LogP contribution is -2.52. The fraction of sp³-hybridized carbons (Fsp3) is 0.480. The van der Waals surface area contributed by atoms with Gasteiger partial charge in [0.25, 0.3) is 5.91 Å². The third kappa shape index (κ3) is 5.54. The maximum absolute atomic E-state index is 13.4. The fourth-order valence-electron chi connectivity index (χ4n) is 4.89. The molecule has 2 aliphatic rings. The van der Waals surface area contributed by atoms with Gasteiger partial charge in [0.15, 0.2) is 0 Å². The highest BCUT2D eigenvalue weighted by molar-refractivity contribution is 7.91. The molecule has 4 rings (SSSR count). The largest absolute Gasteiger partial charge is 0.378 e. The monoisotopic (exact) mass is 511 g/mol. The van der Waals surface area contributed by atoms with Gasteiger partial charge in [-0.25, -0.2) is 12.8 Å². The number of halogens is 3. The van der Waals surface area contributed by atoms with Crippen LogP contribution in [-0.4, -0.2) is 56.4 Å². The summed E-state index contributed by atoms with van der Waals surface area (Å²) in [6.07, 6.45) is 2.26. The second kappa shape index (κ2) is 10.3. The first-order valence-electron chi connectivity index (χ1n) is 11.6. The van der Waals surface area contributed by atoms with Crippen molar-refractivity contribution in [3.8, 4) is 0 Å². The highest BCUT2D eigenvalue weighted by Gasteiger charge is 2.45. The van der Waals surface area contributed by atoms with E-state index in [0.29, 0.717) is 45.4 Å². The molecule has 2 aliphatic heterocycles. The Kier molecular flexibility index (Phi) is 7.54. The summed E-state index contributed by atoms with van der Waals surface area (Å²) in [7, 11) is -4.71. The van der Waals surface area contributed by atoms with E-state index >= 15 is 0 Å². The van der Waals surface area contributed by atoms with Crippen molar-refractivity contribution in [1.82, 2.24) is 4.90 Å². The summed E-state index contributed by atoms with van der Waals surface area (Å²) < 4.78 is 74.6. The zero-order valence-electron chi connectivity index (χ0n) is 19.3. The molecule has 0 bridgehead atoms. The molecule has 2 atom stereocenters. The van der Waals surface area contributed by atoms with Gasteiger partial charge in [-0.1, -0.05) is 12.1 Å². The van der Waals surface area contributed by atoms with Gasteiger partial charge in [0.2, 0.25) is 9.84 Å². The summed E-state index contributed by atoms with van der Waals surface area (Å²) in [4.78, 5) is 14.1. The molecule has 1 amide bonds. The van der Waals surface area contributed by atoms with Crippen molar-refractivity contribution in [3.63, 3.8) is 0 Å². The highest BCUT2D eigenvalue weighted by Crippen LogP contribution is 2.44. The predicted octanol–water partition coefficient (Wildman–Crippen LogP) is 4.75. The van der Waals surface area contributed by atoms with Crippen LogP contribution in [0.2, 0.25) is 0 Å². The number of hydrogen-bond acceptors (Lipinski definition) is 5. The van der Waals surface area contributed by atoms with Crippen LogP contribution in [0.5, 0.6) is 0 Å². The molecule has 2 heterocycles. The fourth-order valence-corrected chi connectivity index (χ4v) is 5.61. The first-order chi connectivity index (χ1) is 16.6. The lowest BCUT2D eigenvalue weighted by molar-refractivity contribution is -0.190. The molecule has 2 saturated heterocycles. The van der Waals surface area contributed by atoms with Crippen molar-refractivity contribution >= 4 is 15.7 Å². The van der Waals surface area contributed by atoms with Gasteiger partial charge < -0.3 is 14.4 Å². The Morgan fingerprint density at radius 2 is 1.74 bits per heavy atom. The molecule has 0 N–H and O–H groups in total. The van der Waals surface area contributed by atoms with E-state index in [9.17, 15) is 26.4 Å². The van der Waals surface area contributed by atoms with Gasteiger partial charge in [-0.3, -0.25) is 4.79 Å². The van der Waals surface area contributed by atoms with Crippen LogP contribution in [0.15, 0.2) is 53.4 Å². The number of carbonyl (C=O) groups is 1. The van der Waals surface area contributed by atoms with E-state index < -0.39 is 26.1 Å². The number of likely N-dealkylation sites (tertiary alicyclic amines) is 1. The summed E-state index contributed by atoms with van der Waals surface area (Å²) in [5.74, 6) is -4.13.